The van der Waals surface area contributed by atoms with Gasteiger partial charge in [-0.2, -0.15) is 0 Å². The number of anilines is 1. The highest BCUT2D eigenvalue weighted by Crippen LogP contribution is 2.29. The number of likely N-dealkylation sites (tertiary alicyclic amines) is 1. The monoisotopic (exact) mass is 300 g/mol. The predicted octanol–water partition coefficient (Wildman–Crippen LogP) is 2.83. The number of carbonyl (C=O) groups is 2. The molecule has 1 aromatic rings. The van der Waals surface area contributed by atoms with Gasteiger partial charge in [0.05, 0.1) is 5.92 Å². The minimum Gasteiger partial charge on any atom is -0.339 e. The molecule has 2 fully saturated rings. The number of nitrogens with zero attached hydrogens (tertiary/aromatic N) is 2. The quantitative estimate of drug-likeness (QED) is 0.861. The fraction of sp³-hybridized carbons (Fsp3) is 0.556. The zero-order valence-corrected chi connectivity index (χ0v) is 13.2. The molecule has 0 saturated carbocycles. The fourth-order valence-corrected chi connectivity index (χ4v) is 3.68. The van der Waals surface area contributed by atoms with Gasteiger partial charge in [0.1, 0.15) is 0 Å². The molecule has 0 bridgehead atoms. The van der Waals surface area contributed by atoms with Crippen molar-refractivity contribution in [1.82, 2.24) is 4.90 Å². The maximum atomic E-state index is 12.8. The van der Waals surface area contributed by atoms with E-state index in [1.807, 2.05) is 35.2 Å². The smallest absolute Gasteiger partial charge is 0.228 e. The first-order valence-corrected chi connectivity index (χ1v) is 8.36. The molecule has 4 nitrogen and oxygen atoms in total. The van der Waals surface area contributed by atoms with Crippen molar-refractivity contribution in [2.24, 2.45) is 5.92 Å². The molecule has 3 rings (SSSR count). The topological polar surface area (TPSA) is 40.6 Å². The van der Waals surface area contributed by atoms with E-state index in [9.17, 15) is 9.59 Å². The van der Waals surface area contributed by atoms with Crippen molar-refractivity contribution in [3.63, 3.8) is 0 Å². The fourth-order valence-electron chi connectivity index (χ4n) is 3.68. The number of para-hydroxylation sites is 1. The molecule has 4 heteroatoms. The van der Waals surface area contributed by atoms with Crippen LogP contribution in [0.15, 0.2) is 30.3 Å². The Labute approximate surface area is 132 Å². The molecule has 2 saturated heterocycles. The minimum absolute atomic E-state index is 0.0645. The van der Waals surface area contributed by atoms with Gasteiger partial charge in [0, 0.05) is 31.2 Å². The second-order valence-electron chi connectivity index (χ2n) is 6.33. The maximum absolute atomic E-state index is 12.8. The van der Waals surface area contributed by atoms with Crippen LogP contribution in [0.4, 0.5) is 5.69 Å². The minimum atomic E-state index is -0.181. The first kappa shape index (κ1) is 15.1. The summed E-state index contributed by atoms with van der Waals surface area (Å²) in [6.07, 6.45) is 4.76. The Balaban J connectivity index is 1.71. The van der Waals surface area contributed by atoms with E-state index in [0.29, 0.717) is 19.0 Å². The molecule has 2 heterocycles. The molecular weight excluding hydrogens is 276 g/mol. The molecular formula is C18H24N2O2. The summed E-state index contributed by atoms with van der Waals surface area (Å²) in [5.41, 5.74) is 0.897. The van der Waals surface area contributed by atoms with Crippen molar-refractivity contribution in [1.29, 1.82) is 0 Å². The largest absolute Gasteiger partial charge is 0.339 e. The van der Waals surface area contributed by atoms with Crippen LogP contribution in [0.1, 0.15) is 39.0 Å². The second kappa shape index (κ2) is 6.51. The Morgan fingerprint density at radius 3 is 2.73 bits per heavy atom. The number of rotatable bonds is 3. The Morgan fingerprint density at radius 1 is 1.23 bits per heavy atom. The van der Waals surface area contributed by atoms with Crippen LogP contribution >= 0.6 is 0 Å². The van der Waals surface area contributed by atoms with E-state index >= 15 is 0 Å². The molecule has 0 N–H and O–H groups in total. The van der Waals surface area contributed by atoms with Gasteiger partial charge in [-0.15, -0.1) is 0 Å². The van der Waals surface area contributed by atoms with E-state index in [1.165, 1.54) is 6.42 Å². The lowest BCUT2D eigenvalue weighted by Crippen LogP contribution is -2.46. The summed E-state index contributed by atoms with van der Waals surface area (Å²) in [6, 6.07) is 10.0. The third kappa shape index (κ3) is 2.87. The SMILES string of the molecule is CC[C@H]1CCCCN1C(=O)[C@H]1CC(=O)N(c2ccccc2)C1. The summed E-state index contributed by atoms with van der Waals surface area (Å²) < 4.78 is 0. The highest BCUT2D eigenvalue weighted by molar-refractivity contribution is 6.00. The molecule has 0 radical (unpaired) electrons. The van der Waals surface area contributed by atoms with Crippen molar-refractivity contribution in [3.8, 4) is 0 Å². The van der Waals surface area contributed by atoms with Crippen molar-refractivity contribution >= 4 is 17.5 Å². The number of hydrogen-bond donors (Lipinski definition) is 0. The number of hydrogen-bond acceptors (Lipinski definition) is 2. The summed E-state index contributed by atoms with van der Waals surface area (Å²) in [5.74, 6) is 0.0628. The molecule has 2 aliphatic heterocycles. The lowest BCUT2D eigenvalue weighted by Gasteiger charge is -2.36. The Morgan fingerprint density at radius 2 is 2.00 bits per heavy atom. The van der Waals surface area contributed by atoms with E-state index in [4.69, 9.17) is 0 Å². The van der Waals surface area contributed by atoms with Gasteiger partial charge in [-0.25, -0.2) is 0 Å². The van der Waals surface area contributed by atoms with E-state index < -0.39 is 0 Å². The number of piperidine rings is 1. The standard InChI is InChI=1S/C18H24N2O2/c1-2-15-8-6-7-11-19(15)18(22)14-12-17(21)20(13-14)16-9-4-3-5-10-16/h3-5,9-10,14-15H,2,6-8,11-13H2,1H3/t14-,15-/m0/s1. The van der Waals surface area contributed by atoms with E-state index in [-0.39, 0.29) is 17.7 Å². The van der Waals surface area contributed by atoms with Crippen LogP contribution < -0.4 is 4.90 Å². The highest BCUT2D eigenvalue weighted by atomic mass is 16.2. The van der Waals surface area contributed by atoms with Gasteiger partial charge in [-0.05, 0) is 37.8 Å². The molecule has 118 valence electrons. The lowest BCUT2D eigenvalue weighted by molar-refractivity contribution is -0.139. The van der Waals surface area contributed by atoms with Crippen LogP contribution in [-0.4, -0.2) is 35.8 Å². The van der Waals surface area contributed by atoms with Gasteiger partial charge < -0.3 is 9.80 Å². The van der Waals surface area contributed by atoms with E-state index in [0.717, 1.165) is 31.5 Å². The summed E-state index contributed by atoms with van der Waals surface area (Å²) in [5, 5.41) is 0. The molecule has 0 aliphatic carbocycles. The molecule has 2 amide bonds. The highest BCUT2D eigenvalue weighted by Gasteiger charge is 2.39. The van der Waals surface area contributed by atoms with Crippen molar-refractivity contribution in [2.75, 3.05) is 18.0 Å². The van der Waals surface area contributed by atoms with Crippen LogP contribution in [0.3, 0.4) is 0 Å². The van der Waals surface area contributed by atoms with Crippen molar-refractivity contribution in [2.45, 2.75) is 45.1 Å². The van der Waals surface area contributed by atoms with Gasteiger partial charge in [-0.3, -0.25) is 9.59 Å². The summed E-state index contributed by atoms with van der Waals surface area (Å²) in [7, 11) is 0. The average Bonchev–Trinajstić information content (AvgIpc) is 2.97. The van der Waals surface area contributed by atoms with Crippen molar-refractivity contribution in [3.05, 3.63) is 30.3 Å². The first-order chi connectivity index (χ1) is 10.7. The number of carbonyl (C=O) groups excluding carboxylic acids is 2. The van der Waals surface area contributed by atoms with Gasteiger partial charge in [0.2, 0.25) is 11.8 Å². The van der Waals surface area contributed by atoms with E-state index in [2.05, 4.69) is 6.92 Å². The first-order valence-electron chi connectivity index (χ1n) is 8.36. The van der Waals surface area contributed by atoms with Crippen LogP contribution in [0.25, 0.3) is 0 Å². The van der Waals surface area contributed by atoms with Crippen LogP contribution in [0, 0.1) is 5.92 Å². The third-order valence-corrected chi connectivity index (χ3v) is 4.92. The summed E-state index contributed by atoms with van der Waals surface area (Å²) in [4.78, 5) is 28.9. The normalized spacial score (nSPS) is 25.6. The summed E-state index contributed by atoms with van der Waals surface area (Å²) in [6.45, 7) is 3.52. The average molecular weight is 300 g/mol. The number of benzene rings is 1. The zero-order valence-electron chi connectivity index (χ0n) is 13.2. The van der Waals surface area contributed by atoms with Crippen LogP contribution in [-0.2, 0) is 9.59 Å². The lowest BCUT2D eigenvalue weighted by atomic mass is 9.97. The Bertz CT molecular complexity index is 543. The maximum Gasteiger partial charge on any atom is 0.228 e. The second-order valence-corrected chi connectivity index (χ2v) is 6.33. The van der Waals surface area contributed by atoms with Gasteiger partial charge in [-0.1, -0.05) is 25.1 Å². The summed E-state index contributed by atoms with van der Waals surface area (Å²) >= 11 is 0. The predicted molar refractivity (Wildman–Crippen MR) is 86.5 cm³/mol. The molecule has 0 spiro atoms. The third-order valence-electron chi connectivity index (χ3n) is 4.92. The Kier molecular flexibility index (Phi) is 4.46. The van der Waals surface area contributed by atoms with E-state index in [1.54, 1.807) is 4.90 Å². The molecule has 2 aliphatic rings. The zero-order chi connectivity index (χ0) is 15.5. The van der Waals surface area contributed by atoms with Gasteiger partial charge in [0.25, 0.3) is 0 Å². The molecule has 0 aromatic heterocycles. The van der Waals surface area contributed by atoms with Gasteiger partial charge in [0.15, 0.2) is 0 Å². The van der Waals surface area contributed by atoms with Crippen LogP contribution in [0.5, 0.6) is 0 Å². The molecule has 1 aromatic carbocycles. The Hall–Kier alpha value is -1.84. The van der Waals surface area contributed by atoms with Crippen LogP contribution in [0.2, 0.25) is 0 Å². The van der Waals surface area contributed by atoms with Crippen molar-refractivity contribution < 1.29 is 9.59 Å². The van der Waals surface area contributed by atoms with Gasteiger partial charge >= 0.3 is 0 Å². The molecule has 2 atom stereocenters. The molecule has 0 unspecified atom stereocenters. The molecule has 22 heavy (non-hydrogen) atoms. The number of amides is 2.